The summed E-state index contributed by atoms with van der Waals surface area (Å²) in [4.78, 5) is 15.5. The normalized spacial score (nSPS) is 10.0. The second-order valence-corrected chi connectivity index (χ2v) is 4.97. The number of rotatable bonds is 4. The van der Waals surface area contributed by atoms with Crippen LogP contribution in [0.2, 0.25) is 0 Å². The number of thiocarbonyl (C=S) groups is 1. The Morgan fingerprint density at radius 2 is 1.94 bits per heavy atom. The number of carbonyl (C=O) groups excluding carboxylic acids is 1. The number of nitrogens with two attached hydrogens (primary N) is 1. The third kappa shape index (κ3) is 3.43. The summed E-state index contributed by atoms with van der Waals surface area (Å²) in [6.45, 7) is 2.29. The van der Waals surface area contributed by atoms with Crippen molar-refractivity contribution in [2.24, 2.45) is 5.73 Å². The van der Waals surface area contributed by atoms with E-state index in [0.717, 1.165) is 16.8 Å². The highest BCUT2D eigenvalue weighted by Crippen LogP contribution is 2.21. The van der Waals surface area contributed by atoms with E-state index in [0.29, 0.717) is 11.5 Å². The molecule has 0 saturated heterocycles. The highest BCUT2D eigenvalue weighted by atomic mass is 32.1. The first-order valence-electron chi connectivity index (χ1n) is 5.64. The number of nitrogens with zero attached hydrogens (tertiary/aromatic N) is 2. The molecule has 0 aliphatic carbocycles. The van der Waals surface area contributed by atoms with Crippen LogP contribution in [0.25, 0.3) is 0 Å². The van der Waals surface area contributed by atoms with Crippen LogP contribution in [-0.2, 0) is 4.79 Å². The number of amides is 1. The minimum atomic E-state index is 0.0351. The van der Waals surface area contributed by atoms with Crippen molar-refractivity contribution in [2.45, 2.75) is 6.92 Å². The molecular formula is C13H19N3OS. The van der Waals surface area contributed by atoms with Crippen LogP contribution in [-0.4, -0.2) is 43.5 Å². The van der Waals surface area contributed by atoms with E-state index in [1.54, 1.807) is 19.0 Å². The van der Waals surface area contributed by atoms with Crippen molar-refractivity contribution in [3.05, 3.63) is 29.3 Å². The van der Waals surface area contributed by atoms with Gasteiger partial charge in [-0.3, -0.25) is 4.79 Å². The van der Waals surface area contributed by atoms with Crippen LogP contribution in [0.5, 0.6) is 0 Å². The van der Waals surface area contributed by atoms with Gasteiger partial charge in [-0.25, -0.2) is 0 Å². The Hall–Kier alpha value is -1.62. The lowest BCUT2D eigenvalue weighted by Gasteiger charge is -2.23. The van der Waals surface area contributed by atoms with Gasteiger partial charge in [0.15, 0.2) is 0 Å². The van der Waals surface area contributed by atoms with Gasteiger partial charge in [0.25, 0.3) is 0 Å². The van der Waals surface area contributed by atoms with Crippen molar-refractivity contribution in [3.8, 4) is 0 Å². The molecule has 0 radical (unpaired) electrons. The average molecular weight is 265 g/mol. The molecule has 1 aromatic rings. The number of anilines is 1. The van der Waals surface area contributed by atoms with Gasteiger partial charge in [0.05, 0.1) is 6.54 Å². The van der Waals surface area contributed by atoms with E-state index >= 15 is 0 Å². The Balaban J connectivity index is 3.04. The number of carbonyl (C=O) groups is 1. The first-order chi connectivity index (χ1) is 8.32. The quantitative estimate of drug-likeness (QED) is 0.830. The van der Waals surface area contributed by atoms with E-state index in [4.69, 9.17) is 18.0 Å². The third-order valence-electron chi connectivity index (χ3n) is 2.70. The SMILES string of the molecule is Cc1ccc(C(N)=S)c(N(C)CC(=O)N(C)C)c1. The number of hydrogen-bond acceptors (Lipinski definition) is 3. The zero-order chi connectivity index (χ0) is 13.9. The summed E-state index contributed by atoms with van der Waals surface area (Å²) in [5, 5.41) is 0. The molecular weight excluding hydrogens is 246 g/mol. The number of hydrogen-bond donors (Lipinski definition) is 1. The van der Waals surface area contributed by atoms with Crippen molar-refractivity contribution in [2.75, 3.05) is 32.6 Å². The first-order valence-corrected chi connectivity index (χ1v) is 6.05. The largest absolute Gasteiger partial charge is 0.389 e. The molecule has 18 heavy (non-hydrogen) atoms. The topological polar surface area (TPSA) is 49.6 Å². The predicted molar refractivity (Wildman–Crippen MR) is 79.0 cm³/mol. The molecule has 4 nitrogen and oxygen atoms in total. The Bertz CT molecular complexity index is 471. The van der Waals surface area contributed by atoms with E-state index in [-0.39, 0.29) is 5.91 Å². The maximum atomic E-state index is 11.7. The maximum Gasteiger partial charge on any atom is 0.241 e. The molecule has 0 spiro atoms. The van der Waals surface area contributed by atoms with Crippen LogP contribution < -0.4 is 10.6 Å². The van der Waals surface area contributed by atoms with E-state index < -0.39 is 0 Å². The summed E-state index contributed by atoms with van der Waals surface area (Å²) in [5.74, 6) is 0.0351. The molecule has 0 bridgehead atoms. The molecule has 0 saturated carbocycles. The van der Waals surface area contributed by atoms with E-state index in [1.165, 1.54) is 0 Å². The highest BCUT2D eigenvalue weighted by Gasteiger charge is 2.13. The zero-order valence-electron chi connectivity index (χ0n) is 11.2. The van der Waals surface area contributed by atoms with Crippen LogP contribution >= 0.6 is 12.2 Å². The maximum absolute atomic E-state index is 11.7. The first kappa shape index (κ1) is 14.4. The van der Waals surface area contributed by atoms with Gasteiger partial charge in [-0.2, -0.15) is 0 Å². The van der Waals surface area contributed by atoms with Crippen LogP contribution in [0.3, 0.4) is 0 Å². The standard InChI is InChI=1S/C13H19N3OS/c1-9-5-6-10(13(14)18)11(7-9)16(4)8-12(17)15(2)3/h5-7H,8H2,1-4H3,(H2,14,18). The van der Waals surface area contributed by atoms with Crippen molar-refractivity contribution in [1.29, 1.82) is 0 Å². The molecule has 0 heterocycles. The van der Waals surface area contributed by atoms with Crippen molar-refractivity contribution in [1.82, 2.24) is 4.90 Å². The highest BCUT2D eigenvalue weighted by molar-refractivity contribution is 7.80. The minimum Gasteiger partial charge on any atom is -0.389 e. The van der Waals surface area contributed by atoms with Crippen molar-refractivity contribution in [3.63, 3.8) is 0 Å². The fourth-order valence-corrected chi connectivity index (χ4v) is 1.77. The lowest BCUT2D eigenvalue weighted by atomic mass is 10.1. The summed E-state index contributed by atoms with van der Waals surface area (Å²) in [5.41, 5.74) is 8.49. The van der Waals surface area contributed by atoms with Crippen LogP contribution in [0, 0.1) is 6.92 Å². The van der Waals surface area contributed by atoms with Gasteiger partial charge in [-0.05, 0) is 24.6 Å². The Labute approximate surface area is 113 Å². The van der Waals surface area contributed by atoms with Gasteiger partial charge in [-0.15, -0.1) is 0 Å². The number of likely N-dealkylation sites (N-methyl/N-ethyl adjacent to an activating group) is 2. The van der Waals surface area contributed by atoms with Crippen LogP contribution in [0.1, 0.15) is 11.1 Å². The smallest absolute Gasteiger partial charge is 0.241 e. The summed E-state index contributed by atoms with van der Waals surface area (Å²) >= 11 is 5.03. The number of aryl methyl sites for hydroxylation is 1. The van der Waals surface area contributed by atoms with E-state index in [2.05, 4.69) is 0 Å². The van der Waals surface area contributed by atoms with Gasteiger partial charge in [0.1, 0.15) is 4.99 Å². The molecule has 0 fully saturated rings. The molecule has 98 valence electrons. The molecule has 0 aliphatic heterocycles. The van der Waals surface area contributed by atoms with Gasteiger partial charge >= 0.3 is 0 Å². The second-order valence-electron chi connectivity index (χ2n) is 4.53. The van der Waals surface area contributed by atoms with Gasteiger partial charge in [-0.1, -0.05) is 18.3 Å². The molecule has 1 amide bonds. The molecule has 5 heteroatoms. The molecule has 0 aliphatic rings. The number of benzene rings is 1. The Kier molecular flexibility index (Phi) is 4.67. The second kappa shape index (κ2) is 5.82. The Morgan fingerprint density at radius 1 is 1.33 bits per heavy atom. The fourth-order valence-electron chi connectivity index (χ4n) is 1.60. The fraction of sp³-hybridized carbons (Fsp3) is 0.385. The summed E-state index contributed by atoms with van der Waals surface area (Å²) in [7, 11) is 5.33. The lowest BCUT2D eigenvalue weighted by Crippen LogP contribution is -2.35. The van der Waals surface area contributed by atoms with Crippen LogP contribution in [0.15, 0.2) is 18.2 Å². The minimum absolute atomic E-state index is 0.0351. The van der Waals surface area contributed by atoms with Crippen LogP contribution in [0.4, 0.5) is 5.69 Å². The van der Waals surface area contributed by atoms with Gasteiger partial charge in [0.2, 0.25) is 5.91 Å². The van der Waals surface area contributed by atoms with Gasteiger partial charge < -0.3 is 15.5 Å². The predicted octanol–water partition coefficient (Wildman–Crippen LogP) is 1.15. The molecule has 2 N–H and O–H groups in total. The monoisotopic (exact) mass is 265 g/mol. The van der Waals surface area contributed by atoms with E-state index in [1.807, 2.05) is 37.1 Å². The molecule has 0 aromatic heterocycles. The molecule has 1 aromatic carbocycles. The van der Waals surface area contributed by atoms with E-state index in [9.17, 15) is 4.79 Å². The molecule has 0 unspecified atom stereocenters. The zero-order valence-corrected chi connectivity index (χ0v) is 12.0. The Morgan fingerprint density at radius 3 is 2.44 bits per heavy atom. The lowest BCUT2D eigenvalue weighted by molar-refractivity contribution is -0.127. The van der Waals surface area contributed by atoms with Crippen molar-refractivity contribution >= 4 is 28.8 Å². The molecule has 0 atom stereocenters. The van der Waals surface area contributed by atoms with Crippen molar-refractivity contribution < 1.29 is 4.79 Å². The summed E-state index contributed by atoms with van der Waals surface area (Å²) < 4.78 is 0. The summed E-state index contributed by atoms with van der Waals surface area (Å²) in [6.07, 6.45) is 0. The summed E-state index contributed by atoms with van der Waals surface area (Å²) in [6, 6.07) is 5.83. The van der Waals surface area contributed by atoms with Gasteiger partial charge in [0, 0.05) is 32.4 Å². The average Bonchev–Trinajstić information content (AvgIpc) is 2.28. The molecule has 1 rings (SSSR count). The third-order valence-corrected chi connectivity index (χ3v) is 2.92.